The van der Waals surface area contributed by atoms with E-state index < -0.39 is 0 Å². The highest BCUT2D eigenvalue weighted by molar-refractivity contribution is 5.89. The van der Waals surface area contributed by atoms with Crippen LogP contribution in [0.1, 0.15) is 29.4 Å². The summed E-state index contributed by atoms with van der Waals surface area (Å²) in [7, 11) is 1.36. The molecule has 1 aromatic carbocycles. The van der Waals surface area contributed by atoms with Gasteiger partial charge in [-0.25, -0.2) is 9.78 Å². The monoisotopic (exact) mass is 274 g/mol. The van der Waals surface area contributed by atoms with E-state index in [0.29, 0.717) is 17.9 Å². The van der Waals surface area contributed by atoms with E-state index in [9.17, 15) is 4.79 Å². The number of nitrogens with zero attached hydrogens (tertiary/aromatic N) is 2. The van der Waals surface area contributed by atoms with Crippen LogP contribution in [0.5, 0.6) is 5.75 Å². The molecule has 5 heteroatoms. The molecule has 0 aliphatic heterocycles. The molecule has 0 fully saturated rings. The Kier molecular flexibility index (Phi) is 4.76. The Morgan fingerprint density at radius 1 is 1.30 bits per heavy atom. The molecular formula is C15H18N2O3. The fraction of sp³-hybridized carbons (Fsp3) is 0.333. The molecule has 5 nitrogen and oxygen atoms in total. The summed E-state index contributed by atoms with van der Waals surface area (Å²) in [6.07, 6.45) is 4.66. The molecule has 0 aliphatic rings. The molecule has 0 N–H and O–H groups in total. The largest absolute Gasteiger partial charge is 0.487 e. The van der Waals surface area contributed by atoms with E-state index in [0.717, 1.165) is 18.7 Å². The van der Waals surface area contributed by atoms with Gasteiger partial charge in [0.1, 0.15) is 12.4 Å². The van der Waals surface area contributed by atoms with E-state index >= 15 is 0 Å². The number of ether oxygens (including phenoxy) is 2. The second kappa shape index (κ2) is 6.75. The van der Waals surface area contributed by atoms with Crippen molar-refractivity contribution in [2.75, 3.05) is 7.11 Å². The molecule has 0 unspecified atom stereocenters. The second-order valence-corrected chi connectivity index (χ2v) is 4.38. The average Bonchev–Trinajstić information content (AvgIpc) is 2.92. The topological polar surface area (TPSA) is 53.4 Å². The molecule has 2 aromatic rings. The number of carbonyl (C=O) groups excluding carboxylic acids is 1. The molecule has 0 amide bonds. The summed E-state index contributed by atoms with van der Waals surface area (Å²) < 4.78 is 12.4. The van der Waals surface area contributed by atoms with Crippen LogP contribution in [0.25, 0.3) is 0 Å². The lowest BCUT2D eigenvalue weighted by Gasteiger charge is -2.09. The quantitative estimate of drug-likeness (QED) is 0.760. The van der Waals surface area contributed by atoms with Gasteiger partial charge in [0.15, 0.2) is 0 Å². The minimum Gasteiger partial charge on any atom is -0.487 e. The zero-order valence-corrected chi connectivity index (χ0v) is 11.7. The molecular weight excluding hydrogens is 256 g/mol. The number of hydrogen-bond acceptors (Lipinski definition) is 4. The lowest BCUT2D eigenvalue weighted by atomic mass is 10.2. The summed E-state index contributed by atoms with van der Waals surface area (Å²) in [5.41, 5.74) is 1.54. The predicted octanol–water partition coefficient (Wildman–Crippen LogP) is 2.66. The van der Waals surface area contributed by atoms with E-state index in [-0.39, 0.29) is 5.97 Å². The van der Waals surface area contributed by atoms with Gasteiger partial charge in [-0.3, -0.25) is 0 Å². The van der Waals surface area contributed by atoms with Gasteiger partial charge < -0.3 is 14.0 Å². The first-order valence-electron chi connectivity index (χ1n) is 6.54. The molecule has 0 radical (unpaired) electrons. The Bertz CT molecular complexity index is 561. The van der Waals surface area contributed by atoms with E-state index in [1.165, 1.54) is 7.11 Å². The fourth-order valence-electron chi connectivity index (χ4n) is 1.87. The lowest BCUT2D eigenvalue weighted by Crippen LogP contribution is -2.05. The third-order valence-corrected chi connectivity index (χ3v) is 2.93. The molecule has 0 aliphatic carbocycles. The number of carbonyl (C=O) groups is 1. The standard InChI is InChI=1S/C15H18N2O3/c1-3-8-17-11-16-9-13(17)10-20-14-6-4-12(5-7-14)15(18)19-2/h4-7,9,11H,3,8,10H2,1-2H3. The second-order valence-electron chi connectivity index (χ2n) is 4.38. The smallest absolute Gasteiger partial charge is 0.337 e. The minimum absolute atomic E-state index is 0.349. The van der Waals surface area contributed by atoms with Crippen LogP contribution in [0, 0.1) is 0 Å². The van der Waals surface area contributed by atoms with Crippen LogP contribution in [-0.2, 0) is 17.9 Å². The van der Waals surface area contributed by atoms with E-state index in [2.05, 4.69) is 21.2 Å². The summed E-state index contributed by atoms with van der Waals surface area (Å²) in [5.74, 6) is 0.361. The van der Waals surface area contributed by atoms with Gasteiger partial charge >= 0.3 is 5.97 Å². The van der Waals surface area contributed by atoms with Crippen LogP contribution >= 0.6 is 0 Å². The third kappa shape index (κ3) is 3.38. The zero-order valence-electron chi connectivity index (χ0n) is 11.7. The number of methoxy groups -OCH3 is 1. The van der Waals surface area contributed by atoms with Crippen LogP contribution in [0.2, 0.25) is 0 Å². The Hall–Kier alpha value is -2.30. The SMILES string of the molecule is CCCn1cncc1COc1ccc(C(=O)OC)cc1. The Morgan fingerprint density at radius 2 is 2.05 bits per heavy atom. The highest BCUT2D eigenvalue weighted by Crippen LogP contribution is 2.15. The highest BCUT2D eigenvalue weighted by Gasteiger charge is 2.06. The number of aryl methyl sites for hydroxylation is 1. The number of rotatable bonds is 6. The first-order chi connectivity index (χ1) is 9.74. The van der Waals surface area contributed by atoms with Crippen LogP contribution in [0.15, 0.2) is 36.8 Å². The predicted molar refractivity (Wildman–Crippen MR) is 74.6 cm³/mol. The number of esters is 1. The van der Waals surface area contributed by atoms with Crippen molar-refractivity contribution in [1.82, 2.24) is 9.55 Å². The van der Waals surface area contributed by atoms with E-state index in [4.69, 9.17) is 4.74 Å². The molecule has 1 aromatic heterocycles. The van der Waals surface area contributed by atoms with Crippen molar-refractivity contribution in [2.45, 2.75) is 26.5 Å². The maximum Gasteiger partial charge on any atom is 0.337 e. The van der Waals surface area contributed by atoms with Crippen molar-refractivity contribution in [1.29, 1.82) is 0 Å². The molecule has 0 atom stereocenters. The van der Waals surface area contributed by atoms with Gasteiger partial charge in [-0.1, -0.05) is 6.92 Å². The maximum absolute atomic E-state index is 11.3. The molecule has 20 heavy (non-hydrogen) atoms. The first kappa shape index (κ1) is 14.1. The van der Waals surface area contributed by atoms with Gasteiger partial charge in [0.25, 0.3) is 0 Å². The third-order valence-electron chi connectivity index (χ3n) is 2.93. The Balaban J connectivity index is 1.97. The molecule has 0 saturated carbocycles. The molecule has 0 spiro atoms. The first-order valence-corrected chi connectivity index (χ1v) is 6.54. The van der Waals surface area contributed by atoms with Gasteiger partial charge in [-0.05, 0) is 30.7 Å². The number of aromatic nitrogens is 2. The van der Waals surface area contributed by atoms with Gasteiger partial charge in [0.2, 0.25) is 0 Å². The van der Waals surface area contributed by atoms with Gasteiger partial charge in [0.05, 0.1) is 30.9 Å². The van der Waals surface area contributed by atoms with Gasteiger partial charge in [-0.15, -0.1) is 0 Å². The summed E-state index contributed by atoms with van der Waals surface area (Å²) >= 11 is 0. The summed E-state index contributed by atoms with van der Waals surface area (Å²) in [6, 6.07) is 6.88. The molecule has 0 bridgehead atoms. The Labute approximate surface area is 118 Å². The van der Waals surface area contributed by atoms with Crippen molar-refractivity contribution in [3.8, 4) is 5.75 Å². The van der Waals surface area contributed by atoms with Crippen molar-refractivity contribution < 1.29 is 14.3 Å². The van der Waals surface area contributed by atoms with Gasteiger partial charge in [-0.2, -0.15) is 0 Å². The van der Waals surface area contributed by atoms with Crippen molar-refractivity contribution >= 4 is 5.97 Å². The normalized spacial score (nSPS) is 10.3. The van der Waals surface area contributed by atoms with E-state index in [1.807, 2.05) is 6.33 Å². The summed E-state index contributed by atoms with van der Waals surface area (Å²) in [5, 5.41) is 0. The maximum atomic E-state index is 11.3. The van der Waals surface area contributed by atoms with Crippen LogP contribution < -0.4 is 4.74 Å². The fourth-order valence-corrected chi connectivity index (χ4v) is 1.87. The van der Waals surface area contributed by atoms with E-state index in [1.54, 1.807) is 30.5 Å². The molecule has 0 saturated heterocycles. The number of imidazole rings is 1. The van der Waals surface area contributed by atoms with Crippen LogP contribution in [0.4, 0.5) is 0 Å². The molecule has 2 rings (SSSR count). The minimum atomic E-state index is -0.349. The Morgan fingerprint density at radius 3 is 2.70 bits per heavy atom. The average molecular weight is 274 g/mol. The molecule has 1 heterocycles. The number of benzene rings is 1. The number of hydrogen-bond donors (Lipinski definition) is 0. The van der Waals surface area contributed by atoms with Crippen molar-refractivity contribution in [3.63, 3.8) is 0 Å². The van der Waals surface area contributed by atoms with Crippen LogP contribution in [0.3, 0.4) is 0 Å². The van der Waals surface area contributed by atoms with Crippen molar-refractivity contribution in [2.24, 2.45) is 0 Å². The highest BCUT2D eigenvalue weighted by atomic mass is 16.5. The summed E-state index contributed by atoms with van der Waals surface area (Å²) in [6.45, 7) is 3.51. The zero-order chi connectivity index (χ0) is 14.4. The van der Waals surface area contributed by atoms with Gasteiger partial charge in [0, 0.05) is 6.54 Å². The summed E-state index contributed by atoms with van der Waals surface area (Å²) in [4.78, 5) is 15.4. The lowest BCUT2D eigenvalue weighted by molar-refractivity contribution is 0.0600. The molecule has 106 valence electrons. The van der Waals surface area contributed by atoms with Crippen LogP contribution in [-0.4, -0.2) is 22.6 Å². The van der Waals surface area contributed by atoms with Crippen molar-refractivity contribution in [3.05, 3.63) is 48.0 Å².